The first-order chi connectivity index (χ1) is 17.1. The van der Waals surface area contributed by atoms with Gasteiger partial charge in [-0.15, -0.1) is 0 Å². The molecule has 4 aliphatic rings. The van der Waals surface area contributed by atoms with E-state index in [1.165, 1.54) is 4.90 Å². The third kappa shape index (κ3) is 5.26. The summed E-state index contributed by atoms with van der Waals surface area (Å²) in [5.74, 6) is -6.30. The van der Waals surface area contributed by atoms with Crippen molar-refractivity contribution in [3.63, 3.8) is 0 Å². The average Bonchev–Trinajstić information content (AvgIpc) is 2.84. The molecular weight excluding hydrogens is 492 g/mol. The molecule has 2 bridgehead atoms. The Morgan fingerprint density at radius 1 is 1.33 bits per heavy atom. The van der Waals surface area contributed by atoms with Crippen molar-refractivity contribution in [1.82, 2.24) is 15.5 Å². The molecule has 4 fully saturated rings. The largest absolute Gasteiger partial charge is 0.376 e. The highest BCUT2D eigenvalue weighted by Gasteiger charge is 2.60. The van der Waals surface area contributed by atoms with E-state index in [9.17, 15) is 28.4 Å². The Hall–Kier alpha value is -2.93. The Morgan fingerprint density at radius 2 is 2.11 bits per heavy atom. The second kappa shape index (κ2) is 10.6. The van der Waals surface area contributed by atoms with Crippen LogP contribution in [0.5, 0.6) is 0 Å². The van der Waals surface area contributed by atoms with Gasteiger partial charge in [0, 0.05) is 35.6 Å². The molecule has 1 aliphatic carbocycles. The molecule has 0 aromatic heterocycles. The van der Waals surface area contributed by atoms with Crippen LogP contribution in [0.2, 0.25) is 5.02 Å². The maximum atomic E-state index is 14.9. The van der Waals surface area contributed by atoms with Crippen LogP contribution in [0.1, 0.15) is 44.1 Å². The highest BCUT2D eigenvalue weighted by Crippen LogP contribution is 2.49. The third-order valence-corrected chi connectivity index (χ3v) is 7.99. The van der Waals surface area contributed by atoms with Gasteiger partial charge in [-0.3, -0.25) is 14.4 Å². The van der Waals surface area contributed by atoms with E-state index in [0.717, 1.165) is 12.0 Å². The van der Waals surface area contributed by atoms with Gasteiger partial charge in [-0.05, 0) is 56.7 Å². The number of piperidine rings is 3. The molecule has 3 aliphatic heterocycles. The molecule has 5 atom stereocenters. The highest BCUT2D eigenvalue weighted by atomic mass is 35.5. The van der Waals surface area contributed by atoms with Gasteiger partial charge in [0.2, 0.25) is 17.7 Å². The quantitative estimate of drug-likeness (QED) is 0.510. The summed E-state index contributed by atoms with van der Waals surface area (Å²) in [6.07, 6.45) is 1.45. The Balaban J connectivity index is 1.50. The Morgan fingerprint density at radius 3 is 2.81 bits per heavy atom. The maximum Gasteiger partial charge on any atom is 0.255 e. The van der Waals surface area contributed by atoms with Crippen molar-refractivity contribution >= 4 is 35.0 Å². The van der Waals surface area contributed by atoms with E-state index < -0.39 is 54.1 Å². The maximum absolute atomic E-state index is 14.9. The summed E-state index contributed by atoms with van der Waals surface area (Å²) in [5, 5.41) is 18.4. The van der Waals surface area contributed by atoms with Gasteiger partial charge < -0.3 is 20.9 Å². The number of nitrogens with zero attached hydrogens (tertiary/aromatic N) is 2. The lowest BCUT2D eigenvalue weighted by atomic mass is 9.71. The van der Waals surface area contributed by atoms with Crippen molar-refractivity contribution in [2.24, 2.45) is 11.8 Å². The normalized spacial score (nSPS) is 27.5. The SMILES string of the molecule is Cc1c(Cl)cccc1NCC(=O)N1[C@@H]2CC[C@H]([C@H]1C(=O)N[C@@H](C#N)C[C@H]1CCCNC1=O)C(F)(F)C2. The van der Waals surface area contributed by atoms with E-state index in [2.05, 4.69) is 16.0 Å². The summed E-state index contributed by atoms with van der Waals surface area (Å²) in [4.78, 5) is 40.0. The van der Waals surface area contributed by atoms with Crippen molar-refractivity contribution in [3.8, 4) is 6.07 Å². The molecule has 11 heteroatoms. The van der Waals surface area contributed by atoms with Crippen LogP contribution in [0.15, 0.2) is 18.2 Å². The molecule has 0 radical (unpaired) electrons. The van der Waals surface area contributed by atoms with Crippen molar-refractivity contribution < 1.29 is 23.2 Å². The first-order valence-corrected chi connectivity index (χ1v) is 12.7. The van der Waals surface area contributed by atoms with E-state index in [1.54, 1.807) is 25.1 Å². The number of amides is 3. The number of benzene rings is 1. The number of fused-ring (bicyclic) bond motifs is 3. The summed E-state index contributed by atoms with van der Waals surface area (Å²) >= 11 is 6.14. The number of alkyl halides is 2. The van der Waals surface area contributed by atoms with Gasteiger partial charge in [-0.2, -0.15) is 5.26 Å². The minimum absolute atomic E-state index is 0.0921. The molecule has 1 saturated carbocycles. The van der Waals surface area contributed by atoms with Crippen molar-refractivity contribution in [3.05, 3.63) is 28.8 Å². The highest BCUT2D eigenvalue weighted by molar-refractivity contribution is 6.31. The second-order valence-corrected chi connectivity index (χ2v) is 10.3. The minimum Gasteiger partial charge on any atom is -0.376 e. The lowest BCUT2D eigenvalue weighted by molar-refractivity contribution is -0.193. The van der Waals surface area contributed by atoms with Gasteiger partial charge >= 0.3 is 0 Å². The van der Waals surface area contributed by atoms with Gasteiger partial charge in [0.1, 0.15) is 12.1 Å². The number of hydrogen-bond donors (Lipinski definition) is 3. The fourth-order valence-electron chi connectivity index (χ4n) is 5.67. The van der Waals surface area contributed by atoms with Crippen molar-refractivity contribution in [2.75, 3.05) is 18.4 Å². The van der Waals surface area contributed by atoms with E-state index in [-0.39, 0.29) is 25.3 Å². The third-order valence-electron chi connectivity index (χ3n) is 7.58. The van der Waals surface area contributed by atoms with Crippen LogP contribution >= 0.6 is 11.6 Å². The number of nitrogens with one attached hydrogen (secondary N) is 3. The zero-order valence-corrected chi connectivity index (χ0v) is 20.8. The molecule has 3 amide bonds. The predicted molar refractivity (Wildman–Crippen MR) is 129 cm³/mol. The molecule has 36 heavy (non-hydrogen) atoms. The van der Waals surface area contributed by atoms with Crippen molar-refractivity contribution in [1.29, 1.82) is 5.26 Å². The van der Waals surface area contributed by atoms with Crippen LogP contribution < -0.4 is 16.0 Å². The zero-order valence-electron chi connectivity index (χ0n) is 20.0. The molecule has 8 nitrogen and oxygen atoms in total. The number of carbonyl (C=O) groups excluding carboxylic acids is 3. The Labute approximate surface area is 213 Å². The number of hydrogen-bond acceptors (Lipinski definition) is 5. The molecular formula is C25H30ClF2N5O3. The van der Waals surface area contributed by atoms with Crippen LogP contribution in [-0.2, 0) is 14.4 Å². The molecule has 5 rings (SSSR count). The van der Waals surface area contributed by atoms with Crippen LogP contribution in [0.4, 0.5) is 14.5 Å². The van der Waals surface area contributed by atoms with E-state index in [1.807, 2.05) is 6.07 Å². The molecule has 3 N–H and O–H groups in total. The fourth-order valence-corrected chi connectivity index (χ4v) is 5.85. The molecule has 1 aromatic rings. The number of halogens is 3. The topological polar surface area (TPSA) is 114 Å². The number of rotatable bonds is 7. The lowest BCUT2D eigenvalue weighted by Gasteiger charge is -2.53. The number of nitriles is 1. The van der Waals surface area contributed by atoms with Crippen LogP contribution in [0.25, 0.3) is 0 Å². The standard InChI is InChI=1S/C25H30ClF2N5O3/c1-14-19(26)5-2-6-20(14)31-13-21(34)33-17-7-8-18(25(27,28)11-17)22(33)24(36)32-16(12-29)10-15-4-3-9-30-23(15)35/h2,5-6,15-18,22,31H,3-4,7-11,13H2,1H3,(H,30,35)(H,32,36)/t15-,16-,17-,18-,22+/m1/s1. The average molecular weight is 522 g/mol. The summed E-state index contributed by atoms with van der Waals surface area (Å²) in [5.41, 5.74) is 1.39. The van der Waals surface area contributed by atoms with E-state index in [0.29, 0.717) is 30.1 Å². The van der Waals surface area contributed by atoms with Crippen LogP contribution in [0.3, 0.4) is 0 Å². The Kier molecular flexibility index (Phi) is 7.69. The second-order valence-electron chi connectivity index (χ2n) is 9.87. The van der Waals surface area contributed by atoms with Crippen LogP contribution in [-0.4, -0.2) is 59.8 Å². The van der Waals surface area contributed by atoms with Gasteiger partial charge in [-0.1, -0.05) is 17.7 Å². The predicted octanol–water partition coefficient (Wildman–Crippen LogP) is 3.00. The Bertz CT molecular complexity index is 1080. The van der Waals surface area contributed by atoms with Crippen LogP contribution in [0, 0.1) is 30.1 Å². The molecule has 0 spiro atoms. The number of carbonyl (C=O) groups is 3. The van der Waals surface area contributed by atoms with E-state index in [4.69, 9.17) is 11.6 Å². The van der Waals surface area contributed by atoms with Gasteiger partial charge in [0.25, 0.3) is 5.92 Å². The summed E-state index contributed by atoms with van der Waals surface area (Å²) in [6.45, 7) is 2.17. The lowest BCUT2D eigenvalue weighted by Crippen LogP contribution is -2.69. The molecule has 3 heterocycles. The fraction of sp³-hybridized carbons (Fsp3) is 0.600. The van der Waals surface area contributed by atoms with Gasteiger partial charge in [-0.25, -0.2) is 8.78 Å². The van der Waals surface area contributed by atoms with Gasteiger partial charge in [0.15, 0.2) is 0 Å². The first-order valence-electron chi connectivity index (χ1n) is 12.3. The zero-order chi connectivity index (χ0) is 26.0. The van der Waals surface area contributed by atoms with Crippen molar-refractivity contribution in [2.45, 2.75) is 69.5 Å². The molecule has 1 aromatic carbocycles. The number of anilines is 1. The summed E-state index contributed by atoms with van der Waals surface area (Å²) in [6, 6.07) is 4.00. The molecule has 3 saturated heterocycles. The summed E-state index contributed by atoms with van der Waals surface area (Å²) in [7, 11) is 0. The summed E-state index contributed by atoms with van der Waals surface area (Å²) < 4.78 is 29.7. The molecule has 194 valence electrons. The molecule has 0 unspecified atom stereocenters. The minimum atomic E-state index is -3.09. The smallest absolute Gasteiger partial charge is 0.255 e. The van der Waals surface area contributed by atoms with E-state index >= 15 is 0 Å². The van der Waals surface area contributed by atoms with Gasteiger partial charge in [0.05, 0.1) is 18.5 Å². The first kappa shape index (κ1) is 26.1. The monoisotopic (exact) mass is 521 g/mol.